The fourth-order valence-electron chi connectivity index (χ4n) is 4.42. The molecule has 0 spiro atoms. The van der Waals surface area contributed by atoms with Crippen molar-refractivity contribution in [2.75, 3.05) is 5.32 Å². The van der Waals surface area contributed by atoms with Gasteiger partial charge in [0.1, 0.15) is 0 Å². The van der Waals surface area contributed by atoms with Crippen molar-refractivity contribution in [1.82, 2.24) is 9.99 Å². The molecule has 0 fully saturated rings. The molecule has 0 saturated heterocycles. The fraction of sp³-hybridized carbons (Fsp3) is 0.100. The van der Waals surface area contributed by atoms with Gasteiger partial charge in [0, 0.05) is 45.2 Å². The maximum absolute atomic E-state index is 12.5. The Bertz CT molecular complexity index is 1610. The number of anilines is 1. The minimum Gasteiger partial charge on any atom is -0.341 e. The molecule has 0 saturated carbocycles. The summed E-state index contributed by atoms with van der Waals surface area (Å²) >= 11 is 0. The fourth-order valence-corrected chi connectivity index (χ4v) is 4.42. The molecule has 4 aromatic carbocycles. The zero-order chi connectivity index (χ0) is 25.1. The lowest BCUT2D eigenvalue weighted by Gasteiger charge is -2.07. The molecule has 0 atom stereocenters. The molecule has 0 radical (unpaired) electrons. The molecule has 6 heteroatoms. The quantitative estimate of drug-likeness (QED) is 0.229. The number of amides is 2. The van der Waals surface area contributed by atoms with Crippen LogP contribution in [0.1, 0.15) is 38.8 Å². The summed E-state index contributed by atoms with van der Waals surface area (Å²) in [5.41, 5.74) is 8.52. The summed E-state index contributed by atoms with van der Waals surface area (Å²) in [7, 11) is 0. The molecule has 1 aromatic heterocycles. The Kier molecular flexibility index (Phi) is 6.33. The molecular weight excluding hydrogens is 448 g/mol. The Morgan fingerprint density at radius 1 is 0.806 bits per heavy atom. The Morgan fingerprint density at radius 2 is 1.58 bits per heavy atom. The number of hydrazone groups is 1. The summed E-state index contributed by atoms with van der Waals surface area (Å²) in [5, 5.41) is 9.35. The van der Waals surface area contributed by atoms with Crippen molar-refractivity contribution in [3.63, 3.8) is 0 Å². The Balaban J connectivity index is 1.25. The van der Waals surface area contributed by atoms with Crippen molar-refractivity contribution < 1.29 is 9.59 Å². The van der Waals surface area contributed by atoms with E-state index < -0.39 is 0 Å². The van der Waals surface area contributed by atoms with Crippen LogP contribution >= 0.6 is 0 Å². The summed E-state index contributed by atoms with van der Waals surface area (Å²) in [6.07, 6.45) is 1.64. The predicted molar refractivity (Wildman–Crippen MR) is 146 cm³/mol. The van der Waals surface area contributed by atoms with E-state index in [-0.39, 0.29) is 11.8 Å². The van der Waals surface area contributed by atoms with Crippen LogP contribution in [0, 0.1) is 6.92 Å². The lowest BCUT2D eigenvalue weighted by Crippen LogP contribution is -2.18. The summed E-state index contributed by atoms with van der Waals surface area (Å²) in [5.74, 6) is -0.522. The van der Waals surface area contributed by atoms with Gasteiger partial charge in [-0.3, -0.25) is 9.59 Å². The first kappa shape index (κ1) is 23.1. The lowest BCUT2D eigenvalue weighted by atomic mass is 10.1. The smallest absolute Gasteiger partial charge is 0.271 e. The van der Waals surface area contributed by atoms with Crippen LogP contribution in [-0.2, 0) is 6.54 Å². The van der Waals surface area contributed by atoms with Gasteiger partial charge in [0.2, 0.25) is 0 Å². The maximum atomic E-state index is 12.5. The van der Waals surface area contributed by atoms with Crippen molar-refractivity contribution in [2.45, 2.75) is 20.4 Å². The highest BCUT2D eigenvalue weighted by Gasteiger charge is 2.10. The van der Waals surface area contributed by atoms with Gasteiger partial charge >= 0.3 is 0 Å². The Morgan fingerprint density at radius 3 is 2.36 bits per heavy atom. The molecule has 6 nitrogen and oxygen atoms in total. The average molecular weight is 475 g/mol. The molecule has 1 heterocycles. The van der Waals surface area contributed by atoms with Gasteiger partial charge in [-0.2, -0.15) is 5.10 Å². The van der Waals surface area contributed by atoms with E-state index in [0.29, 0.717) is 16.8 Å². The molecule has 5 rings (SSSR count). The van der Waals surface area contributed by atoms with Crippen LogP contribution < -0.4 is 10.7 Å². The van der Waals surface area contributed by atoms with E-state index in [0.717, 1.165) is 23.1 Å². The molecule has 0 aliphatic carbocycles. The average Bonchev–Trinajstić information content (AvgIpc) is 3.22. The van der Waals surface area contributed by atoms with E-state index in [2.05, 4.69) is 57.7 Å². The number of para-hydroxylation sites is 1. The van der Waals surface area contributed by atoms with Gasteiger partial charge < -0.3 is 9.88 Å². The van der Waals surface area contributed by atoms with Gasteiger partial charge in [-0.05, 0) is 74.0 Å². The van der Waals surface area contributed by atoms with E-state index in [9.17, 15) is 9.59 Å². The second kappa shape index (κ2) is 9.88. The van der Waals surface area contributed by atoms with E-state index in [1.54, 1.807) is 36.5 Å². The summed E-state index contributed by atoms with van der Waals surface area (Å²) < 4.78 is 2.29. The van der Waals surface area contributed by atoms with E-state index >= 15 is 0 Å². The van der Waals surface area contributed by atoms with Crippen molar-refractivity contribution in [3.05, 3.63) is 113 Å². The van der Waals surface area contributed by atoms with Gasteiger partial charge in [-0.25, -0.2) is 5.43 Å². The summed E-state index contributed by atoms with van der Waals surface area (Å²) in [6.45, 7) is 4.97. The van der Waals surface area contributed by atoms with Gasteiger partial charge in [0.05, 0.1) is 6.21 Å². The second-order valence-electron chi connectivity index (χ2n) is 8.64. The highest BCUT2D eigenvalue weighted by Crippen LogP contribution is 2.29. The standard InChI is InChI=1S/C30H26N4O2/c1-3-34-27-10-5-4-9-25(27)26-18-21(11-16-28(26)34)19-31-33-30(36)22-12-14-24(15-13-22)32-29(35)23-8-6-7-20(2)17-23/h4-19H,3H2,1-2H3,(H,32,35)(H,33,36). The van der Waals surface area contributed by atoms with E-state index in [1.807, 2.05) is 37.3 Å². The topological polar surface area (TPSA) is 75.5 Å². The molecule has 178 valence electrons. The normalized spacial score (nSPS) is 11.3. The number of aryl methyl sites for hydroxylation is 2. The molecule has 2 N–H and O–H groups in total. The monoisotopic (exact) mass is 474 g/mol. The number of hydrogen-bond acceptors (Lipinski definition) is 3. The maximum Gasteiger partial charge on any atom is 0.271 e. The van der Waals surface area contributed by atoms with Crippen molar-refractivity contribution in [2.24, 2.45) is 5.10 Å². The molecule has 2 amide bonds. The lowest BCUT2D eigenvalue weighted by molar-refractivity contribution is 0.0954. The number of hydrogen-bond donors (Lipinski definition) is 2. The highest BCUT2D eigenvalue weighted by atomic mass is 16.2. The van der Waals surface area contributed by atoms with Crippen molar-refractivity contribution >= 4 is 45.5 Å². The third kappa shape index (κ3) is 4.61. The number of fused-ring (bicyclic) bond motifs is 3. The van der Waals surface area contributed by atoms with Crippen LogP contribution in [0.3, 0.4) is 0 Å². The van der Waals surface area contributed by atoms with Crippen LogP contribution in [0.15, 0.2) is 96.1 Å². The number of carbonyl (C=O) groups excluding carboxylic acids is 2. The first-order chi connectivity index (χ1) is 17.5. The van der Waals surface area contributed by atoms with Gasteiger partial charge in [-0.1, -0.05) is 42.0 Å². The zero-order valence-corrected chi connectivity index (χ0v) is 20.2. The third-order valence-corrected chi connectivity index (χ3v) is 6.18. The van der Waals surface area contributed by atoms with Crippen LogP contribution in [-0.4, -0.2) is 22.6 Å². The molecule has 5 aromatic rings. The Hall–Kier alpha value is -4.71. The van der Waals surface area contributed by atoms with E-state index in [1.165, 1.54) is 16.4 Å². The number of aromatic nitrogens is 1. The first-order valence-electron chi connectivity index (χ1n) is 11.9. The van der Waals surface area contributed by atoms with Crippen LogP contribution in [0.25, 0.3) is 21.8 Å². The number of carbonyl (C=O) groups is 2. The molecule has 0 aliphatic rings. The minimum absolute atomic E-state index is 0.195. The largest absolute Gasteiger partial charge is 0.341 e. The zero-order valence-electron chi connectivity index (χ0n) is 20.2. The molecule has 0 bridgehead atoms. The van der Waals surface area contributed by atoms with Gasteiger partial charge in [0.25, 0.3) is 11.8 Å². The van der Waals surface area contributed by atoms with Gasteiger partial charge in [0.15, 0.2) is 0 Å². The Labute approximate surface area is 209 Å². The third-order valence-electron chi connectivity index (χ3n) is 6.18. The van der Waals surface area contributed by atoms with Gasteiger partial charge in [-0.15, -0.1) is 0 Å². The number of rotatable bonds is 6. The minimum atomic E-state index is -0.327. The van der Waals surface area contributed by atoms with Crippen molar-refractivity contribution in [1.29, 1.82) is 0 Å². The number of nitrogens with zero attached hydrogens (tertiary/aromatic N) is 2. The molecule has 0 aliphatic heterocycles. The van der Waals surface area contributed by atoms with Crippen molar-refractivity contribution in [3.8, 4) is 0 Å². The molecular formula is C30H26N4O2. The highest BCUT2D eigenvalue weighted by molar-refractivity contribution is 6.09. The first-order valence-corrected chi connectivity index (χ1v) is 11.9. The number of benzene rings is 4. The summed E-state index contributed by atoms with van der Waals surface area (Å²) in [4.78, 5) is 25.0. The van der Waals surface area contributed by atoms with E-state index in [4.69, 9.17) is 0 Å². The SMILES string of the molecule is CCn1c2ccccc2c2cc(C=NNC(=O)c3ccc(NC(=O)c4cccc(C)c4)cc3)ccc21. The number of nitrogens with one attached hydrogen (secondary N) is 2. The van der Waals surface area contributed by atoms with Crippen LogP contribution in [0.5, 0.6) is 0 Å². The van der Waals surface area contributed by atoms with Crippen LogP contribution in [0.2, 0.25) is 0 Å². The van der Waals surface area contributed by atoms with Crippen LogP contribution in [0.4, 0.5) is 5.69 Å². The second-order valence-corrected chi connectivity index (χ2v) is 8.64. The molecule has 0 unspecified atom stereocenters. The molecule has 36 heavy (non-hydrogen) atoms. The predicted octanol–water partition coefficient (Wildman–Crippen LogP) is 6.14. The summed E-state index contributed by atoms with van der Waals surface area (Å²) in [6, 6.07) is 28.6.